The second-order valence-corrected chi connectivity index (χ2v) is 4.58. The Bertz CT molecular complexity index is 674. The zero-order valence-corrected chi connectivity index (χ0v) is 11.7. The van der Waals surface area contributed by atoms with Gasteiger partial charge in [-0.25, -0.2) is 4.39 Å². The molecule has 0 saturated carbocycles. The van der Waals surface area contributed by atoms with E-state index in [9.17, 15) is 14.5 Å². The number of nitrogens with zero attached hydrogens (tertiary/aromatic N) is 1. The second-order valence-electron chi connectivity index (χ2n) is 4.58. The van der Waals surface area contributed by atoms with Gasteiger partial charge >= 0.3 is 0 Å². The monoisotopic (exact) mass is 290 g/mol. The number of halogens is 1. The number of hydrogen-bond donors (Lipinski definition) is 1. The van der Waals surface area contributed by atoms with Crippen molar-refractivity contribution in [2.24, 2.45) is 0 Å². The predicted molar refractivity (Wildman–Crippen MR) is 78.1 cm³/mol. The molecule has 0 heterocycles. The van der Waals surface area contributed by atoms with Crippen LogP contribution in [0.2, 0.25) is 0 Å². The molecule has 21 heavy (non-hydrogen) atoms. The van der Waals surface area contributed by atoms with Crippen molar-refractivity contribution < 1.29 is 14.1 Å². The Morgan fingerprint density at radius 1 is 1.29 bits per heavy atom. The van der Waals surface area contributed by atoms with E-state index in [0.29, 0.717) is 11.3 Å². The predicted octanol–water partition coefficient (Wildman–Crippen LogP) is 3.66. The van der Waals surface area contributed by atoms with E-state index >= 15 is 0 Å². The molecule has 0 aromatic heterocycles. The third kappa shape index (κ3) is 3.47. The molecule has 0 atom stereocenters. The molecule has 110 valence electrons. The fourth-order valence-corrected chi connectivity index (χ4v) is 1.91. The lowest BCUT2D eigenvalue weighted by Gasteiger charge is -2.09. The third-order valence-electron chi connectivity index (χ3n) is 3.01. The Kier molecular flexibility index (Phi) is 4.37. The van der Waals surface area contributed by atoms with Gasteiger partial charge in [0.25, 0.3) is 5.69 Å². The second kappa shape index (κ2) is 6.21. The first-order valence-electron chi connectivity index (χ1n) is 6.35. The van der Waals surface area contributed by atoms with Gasteiger partial charge < -0.3 is 10.1 Å². The number of hydrogen-bond acceptors (Lipinski definition) is 4. The summed E-state index contributed by atoms with van der Waals surface area (Å²) in [6, 6.07) is 9.28. The van der Waals surface area contributed by atoms with Gasteiger partial charge in [0.2, 0.25) is 0 Å². The maximum absolute atomic E-state index is 13.6. The smallest absolute Gasteiger partial charge is 0.292 e. The lowest BCUT2D eigenvalue weighted by Crippen LogP contribution is -2.01. The van der Waals surface area contributed by atoms with Crippen LogP contribution in [0.3, 0.4) is 0 Å². The first-order chi connectivity index (χ1) is 10.0. The Morgan fingerprint density at radius 2 is 2.05 bits per heavy atom. The van der Waals surface area contributed by atoms with Crippen molar-refractivity contribution in [1.82, 2.24) is 0 Å². The number of rotatable bonds is 5. The van der Waals surface area contributed by atoms with Gasteiger partial charge in [-0.05, 0) is 36.2 Å². The molecule has 0 radical (unpaired) electrons. The van der Waals surface area contributed by atoms with Gasteiger partial charge in [-0.2, -0.15) is 0 Å². The molecule has 1 N–H and O–H groups in total. The molecule has 2 aromatic rings. The molecule has 0 bridgehead atoms. The van der Waals surface area contributed by atoms with Crippen LogP contribution in [0, 0.1) is 22.9 Å². The first-order valence-corrected chi connectivity index (χ1v) is 6.35. The molecule has 0 unspecified atom stereocenters. The summed E-state index contributed by atoms with van der Waals surface area (Å²) in [5.74, 6) is -0.322. The largest absolute Gasteiger partial charge is 0.486 e. The van der Waals surface area contributed by atoms with E-state index in [4.69, 9.17) is 4.74 Å². The van der Waals surface area contributed by atoms with Gasteiger partial charge in [-0.15, -0.1) is 0 Å². The molecule has 0 amide bonds. The van der Waals surface area contributed by atoms with E-state index in [1.54, 1.807) is 31.3 Å². The number of nitro benzene ring substituents is 1. The number of nitro groups is 1. The molecular weight excluding hydrogens is 275 g/mol. The fraction of sp³-hybridized carbons (Fsp3) is 0.200. The highest BCUT2D eigenvalue weighted by Crippen LogP contribution is 2.26. The molecule has 0 aliphatic rings. The van der Waals surface area contributed by atoms with Gasteiger partial charge in [-0.3, -0.25) is 10.1 Å². The number of ether oxygens (including phenoxy) is 1. The fourth-order valence-electron chi connectivity index (χ4n) is 1.91. The van der Waals surface area contributed by atoms with Crippen molar-refractivity contribution in [2.45, 2.75) is 13.5 Å². The quantitative estimate of drug-likeness (QED) is 0.674. The van der Waals surface area contributed by atoms with Crippen LogP contribution in [0.1, 0.15) is 11.1 Å². The summed E-state index contributed by atoms with van der Waals surface area (Å²) in [4.78, 5) is 10.5. The van der Waals surface area contributed by atoms with Crippen LogP contribution >= 0.6 is 0 Å². The number of anilines is 1. The third-order valence-corrected chi connectivity index (χ3v) is 3.01. The Labute approximate surface area is 121 Å². The van der Waals surface area contributed by atoms with Crippen LogP contribution in [0.4, 0.5) is 15.8 Å². The number of aryl methyl sites for hydroxylation is 1. The van der Waals surface area contributed by atoms with Crippen LogP contribution in [0.25, 0.3) is 0 Å². The highest BCUT2D eigenvalue weighted by Gasteiger charge is 2.14. The standard InChI is InChI=1S/C15H15FN2O3/c1-10-3-5-12(16)15(7-10)21-9-11-4-6-13(17-2)14(8-11)18(19)20/h3-8,17H,9H2,1-2H3. The Hall–Kier alpha value is -2.63. The van der Waals surface area contributed by atoms with Crippen molar-refractivity contribution in [3.8, 4) is 5.75 Å². The molecule has 0 spiro atoms. The van der Waals surface area contributed by atoms with Crippen molar-refractivity contribution >= 4 is 11.4 Å². The maximum atomic E-state index is 13.6. The molecule has 5 nitrogen and oxygen atoms in total. The van der Waals surface area contributed by atoms with Crippen LogP contribution in [-0.4, -0.2) is 12.0 Å². The summed E-state index contributed by atoms with van der Waals surface area (Å²) < 4.78 is 18.9. The van der Waals surface area contributed by atoms with E-state index in [1.165, 1.54) is 12.1 Å². The van der Waals surface area contributed by atoms with Gasteiger partial charge in [0.1, 0.15) is 12.3 Å². The SMILES string of the molecule is CNc1ccc(COc2cc(C)ccc2F)cc1[N+](=O)[O-]. The average Bonchev–Trinajstić information content (AvgIpc) is 2.47. The molecule has 2 rings (SSSR count). The van der Waals surface area contributed by atoms with E-state index in [0.717, 1.165) is 5.56 Å². The minimum absolute atomic E-state index is 0.0386. The van der Waals surface area contributed by atoms with Crippen molar-refractivity contribution in [2.75, 3.05) is 12.4 Å². The number of nitrogens with one attached hydrogen (secondary N) is 1. The van der Waals surface area contributed by atoms with Crippen molar-refractivity contribution in [3.05, 3.63) is 63.5 Å². The van der Waals surface area contributed by atoms with Gasteiger partial charge in [0, 0.05) is 13.1 Å². The molecule has 0 fully saturated rings. The Morgan fingerprint density at radius 3 is 2.71 bits per heavy atom. The molecule has 0 aliphatic carbocycles. The summed E-state index contributed by atoms with van der Waals surface area (Å²) in [6.07, 6.45) is 0. The van der Waals surface area contributed by atoms with Crippen molar-refractivity contribution in [1.29, 1.82) is 0 Å². The minimum atomic E-state index is -0.470. The zero-order chi connectivity index (χ0) is 15.4. The highest BCUT2D eigenvalue weighted by molar-refractivity contribution is 5.62. The summed E-state index contributed by atoms with van der Waals surface area (Å²) in [5.41, 5.74) is 1.86. The van der Waals surface area contributed by atoms with Gasteiger partial charge in [0.05, 0.1) is 4.92 Å². The Balaban J connectivity index is 2.18. The summed E-state index contributed by atoms with van der Waals surface area (Å²) in [5, 5.41) is 13.7. The van der Waals surface area contributed by atoms with Gasteiger partial charge in [0.15, 0.2) is 11.6 Å². The zero-order valence-electron chi connectivity index (χ0n) is 11.7. The summed E-state index contributed by atoms with van der Waals surface area (Å²) >= 11 is 0. The van der Waals surface area contributed by atoms with E-state index in [2.05, 4.69) is 5.32 Å². The van der Waals surface area contributed by atoms with Gasteiger partial charge in [-0.1, -0.05) is 12.1 Å². The number of benzene rings is 2. The molecule has 2 aromatic carbocycles. The first kappa shape index (κ1) is 14.8. The lowest BCUT2D eigenvalue weighted by atomic mass is 10.2. The summed E-state index contributed by atoms with van der Waals surface area (Å²) in [6.45, 7) is 1.89. The van der Waals surface area contributed by atoms with Crippen LogP contribution in [0.15, 0.2) is 36.4 Å². The molecule has 6 heteroatoms. The van der Waals surface area contributed by atoms with E-state index in [1.807, 2.05) is 6.92 Å². The van der Waals surface area contributed by atoms with E-state index < -0.39 is 10.7 Å². The van der Waals surface area contributed by atoms with Crippen LogP contribution < -0.4 is 10.1 Å². The average molecular weight is 290 g/mol. The molecule has 0 aliphatic heterocycles. The minimum Gasteiger partial charge on any atom is -0.486 e. The lowest BCUT2D eigenvalue weighted by molar-refractivity contribution is -0.384. The van der Waals surface area contributed by atoms with Crippen LogP contribution in [-0.2, 0) is 6.61 Å². The normalized spacial score (nSPS) is 10.2. The molecular formula is C15H15FN2O3. The molecule has 0 saturated heterocycles. The van der Waals surface area contributed by atoms with E-state index in [-0.39, 0.29) is 18.0 Å². The topological polar surface area (TPSA) is 64.4 Å². The van der Waals surface area contributed by atoms with Crippen LogP contribution in [0.5, 0.6) is 5.75 Å². The maximum Gasteiger partial charge on any atom is 0.292 e. The summed E-state index contributed by atoms with van der Waals surface area (Å²) in [7, 11) is 1.61. The van der Waals surface area contributed by atoms with Crippen molar-refractivity contribution in [3.63, 3.8) is 0 Å². The highest BCUT2D eigenvalue weighted by atomic mass is 19.1.